The zero-order chi connectivity index (χ0) is 10.9. The molecule has 0 spiro atoms. The topological polar surface area (TPSA) is 52.7 Å². The largest absolute Gasteiger partial charge is 0.309 e. The summed E-state index contributed by atoms with van der Waals surface area (Å²) in [5.41, 5.74) is 0. The summed E-state index contributed by atoms with van der Waals surface area (Å²) in [6.45, 7) is 5.08. The van der Waals surface area contributed by atoms with Gasteiger partial charge in [0.25, 0.3) is 10.2 Å². The van der Waals surface area contributed by atoms with Gasteiger partial charge in [-0.2, -0.15) is 17.0 Å². The average Bonchev–Trinajstić information content (AvgIpc) is 2.01. The maximum atomic E-state index is 11.8. The fraction of sp³-hybridized carbons (Fsp3) is 1.00. The van der Waals surface area contributed by atoms with Crippen molar-refractivity contribution in [3.8, 4) is 0 Å². The lowest BCUT2D eigenvalue weighted by atomic mass is 10.2. The molecular weight excluding hydrogens is 238 g/mol. The quantitative estimate of drug-likeness (QED) is 0.752. The molecule has 1 aliphatic rings. The van der Waals surface area contributed by atoms with Gasteiger partial charge in [0.1, 0.15) is 0 Å². The van der Waals surface area contributed by atoms with E-state index in [2.05, 4.69) is 5.32 Å². The summed E-state index contributed by atoms with van der Waals surface area (Å²) in [5.74, 6) is 0. The minimum atomic E-state index is -3.24. The van der Waals surface area contributed by atoms with Crippen LogP contribution in [0.15, 0.2) is 0 Å². The van der Waals surface area contributed by atoms with Gasteiger partial charge in [-0.05, 0) is 13.8 Å². The molecule has 5 nitrogen and oxygen atoms in total. The van der Waals surface area contributed by atoms with Crippen LogP contribution < -0.4 is 5.32 Å². The Kier molecular flexibility index (Phi) is 5.49. The molecule has 0 aromatic carbocycles. The van der Waals surface area contributed by atoms with Crippen molar-refractivity contribution in [1.29, 1.82) is 0 Å². The van der Waals surface area contributed by atoms with Crippen molar-refractivity contribution < 1.29 is 8.42 Å². The summed E-state index contributed by atoms with van der Waals surface area (Å²) in [7, 11) is -0.115. The van der Waals surface area contributed by atoms with Crippen LogP contribution in [0.1, 0.15) is 13.8 Å². The van der Waals surface area contributed by atoms with Crippen molar-refractivity contribution in [3.63, 3.8) is 0 Å². The minimum Gasteiger partial charge on any atom is -0.309 e. The van der Waals surface area contributed by atoms with Crippen molar-refractivity contribution in [2.24, 2.45) is 0 Å². The highest BCUT2D eigenvalue weighted by atomic mass is 35.5. The van der Waals surface area contributed by atoms with Gasteiger partial charge in [0, 0.05) is 39.3 Å². The van der Waals surface area contributed by atoms with Crippen molar-refractivity contribution in [2.45, 2.75) is 25.9 Å². The first-order valence-corrected chi connectivity index (χ1v) is 6.17. The third-order valence-electron chi connectivity index (χ3n) is 2.31. The molecule has 15 heavy (non-hydrogen) atoms. The standard InChI is InChI=1S/C8H19N3O2S.ClH/c1-7-5-11(6-8(2)9-7)14(12,13)10(3)4;/h7-9H,5-6H2,1-4H3;1H. The first kappa shape index (κ1) is 15.1. The Morgan fingerprint density at radius 1 is 1.20 bits per heavy atom. The maximum absolute atomic E-state index is 11.8. The Morgan fingerprint density at radius 2 is 1.60 bits per heavy atom. The molecule has 1 fully saturated rings. The summed E-state index contributed by atoms with van der Waals surface area (Å²) in [4.78, 5) is 0. The number of halogens is 1. The highest BCUT2D eigenvalue weighted by Gasteiger charge is 2.31. The molecule has 0 amide bonds. The van der Waals surface area contributed by atoms with E-state index in [9.17, 15) is 8.42 Å². The van der Waals surface area contributed by atoms with E-state index in [1.165, 1.54) is 8.61 Å². The second-order valence-corrected chi connectivity index (χ2v) is 6.22. The van der Waals surface area contributed by atoms with Crippen LogP contribution in [0.2, 0.25) is 0 Å². The lowest BCUT2D eigenvalue weighted by Gasteiger charge is -2.36. The van der Waals surface area contributed by atoms with Crippen molar-refractivity contribution >= 4 is 22.6 Å². The Balaban J connectivity index is 0.00000196. The van der Waals surface area contributed by atoms with Crippen molar-refractivity contribution in [1.82, 2.24) is 13.9 Å². The number of hydrogen-bond donors (Lipinski definition) is 1. The number of piperazine rings is 1. The van der Waals surface area contributed by atoms with Gasteiger partial charge in [0.15, 0.2) is 0 Å². The highest BCUT2D eigenvalue weighted by molar-refractivity contribution is 7.86. The maximum Gasteiger partial charge on any atom is 0.281 e. The van der Waals surface area contributed by atoms with Crippen LogP contribution in [0.5, 0.6) is 0 Å². The van der Waals surface area contributed by atoms with Gasteiger partial charge in [-0.15, -0.1) is 12.4 Å². The zero-order valence-electron chi connectivity index (χ0n) is 9.60. The molecule has 0 aromatic rings. The molecule has 2 unspecified atom stereocenters. The molecule has 1 rings (SSSR count). The first-order valence-electron chi connectivity index (χ1n) is 4.77. The van der Waals surface area contributed by atoms with Gasteiger partial charge in [-0.25, -0.2) is 0 Å². The Labute approximate surface area is 98.4 Å². The molecule has 7 heteroatoms. The molecule has 0 aromatic heterocycles. The normalized spacial score (nSPS) is 28.9. The minimum absolute atomic E-state index is 0. The fourth-order valence-corrected chi connectivity index (χ4v) is 2.98. The summed E-state index contributed by atoms with van der Waals surface area (Å²) < 4.78 is 26.4. The van der Waals surface area contributed by atoms with Crippen molar-refractivity contribution in [3.05, 3.63) is 0 Å². The number of nitrogens with zero attached hydrogens (tertiary/aromatic N) is 2. The molecule has 0 saturated carbocycles. The molecule has 1 N–H and O–H groups in total. The Morgan fingerprint density at radius 3 is 1.93 bits per heavy atom. The van der Waals surface area contributed by atoms with Crippen LogP contribution in [-0.2, 0) is 10.2 Å². The van der Waals surface area contributed by atoms with Gasteiger partial charge in [0.2, 0.25) is 0 Å². The first-order chi connectivity index (χ1) is 6.34. The van der Waals surface area contributed by atoms with E-state index in [1.807, 2.05) is 13.8 Å². The lowest BCUT2D eigenvalue weighted by molar-refractivity contribution is 0.252. The van der Waals surface area contributed by atoms with E-state index < -0.39 is 10.2 Å². The summed E-state index contributed by atoms with van der Waals surface area (Å²) in [5, 5.41) is 3.30. The van der Waals surface area contributed by atoms with Crippen LogP contribution in [0.4, 0.5) is 0 Å². The predicted molar refractivity (Wildman–Crippen MR) is 63.5 cm³/mol. The van der Waals surface area contributed by atoms with Crippen LogP contribution in [0.25, 0.3) is 0 Å². The van der Waals surface area contributed by atoms with Gasteiger partial charge in [-0.1, -0.05) is 0 Å². The SMILES string of the molecule is CC1CN(S(=O)(=O)N(C)C)CC(C)N1.Cl. The summed E-state index contributed by atoms with van der Waals surface area (Å²) >= 11 is 0. The predicted octanol–water partition coefficient (Wildman–Crippen LogP) is -0.103. The van der Waals surface area contributed by atoms with E-state index in [0.29, 0.717) is 13.1 Å². The number of nitrogens with one attached hydrogen (secondary N) is 1. The highest BCUT2D eigenvalue weighted by Crippen LogP contribution is 2.11. The van der Waals surface area contributed by atoms with E-state index in [-0.39, 0.29) is 24.5 Å². The van der Waals surface area contributed by atoms with Crippen LogP contribution in [0, 0.1) is 0 Å². The zero-order valence-corrected chi connectivity index (χ0v) is 11.2. The van der Waals surface area contributed by atoms with E-state index in [0.717, 1.165) is 0 Å². The van der Waals surface area contributed by atoms with E-state index >= 15 is 0 Å². The van der Waals surface area contributed by atoms with Gasteiger partial charge in [-0.3, -0.25) is 0 Å². The second-order valence-electron chi connectivity index (χ2n) is 4.08. The van der Waals surface area contributed by atoms with Crippen LogP contribution in [-0.4, -0.2) is 56.3 Å². The molecule has 0 radical (unpaired) electrons. The molecule has 92 valence electrons. The Bertz CT molecular complexity index is 284. The average molecular weight is 258 g/mol. The van der Waals surface area contributed by atoms with E-state index in [1.54, 1.807) is 14.1 Å². The fourth-order valence-electron chi connectivity index (χ4n) is 1.70. The monoisotopic (exact) mass is 257 g/mol. The molecular formula is C8H20ClN3O2S. The molecule has 0 aliphatic carbocycles. The number of rotatable bonds is 2. The van der Waals surface area contributed by atoms with Gasteiger partial charge < -0.3 is 5.32 Å². The smallest absolute Gasteiger partial charge is 0.281 e. The molecule has 1 aliphatic heterocycles. The third-order valence-corrected chi connectivity index (χ3v) is 4.19. The molecule has 2 atom stereocenters. The molecule has 1 heterocycles. The van der Waals surface area contributed by atoms with Gasteiger partial charge >= 0.3 is 0 Å². The lowest BCUT2D eigenvalue weighted by Crippen LogP contribution is -2.57. The summed E-state index contributed by atoms with van der Waals surface area (Å²) in [6.07, 6.45) is 0. The molecule has 1 saturated heterocycles. The third kappa shape index (κ3) is 3.57. The van der Waals surface area contributed by atoms with Crippen LogP contribution >= 0.6 is 12.4 Å². The van der Waals surface area contributed by atoms with Crippen LogP contribution in [0.3, 0.4) is 0 Å². The molecule has 0 bridgehead atoms. The van der Waals surface area contributed by atoms with E-state index in [4.69, 9.17) is 0 Å². The summed E-state index contributed by atoms with van der Waals surface area (Å²) in [6, 6.07) is 0.432. The Hall–Kier alpha value is 0.120. The number of hydrogen-bond acceptors (Lipinski definition) is 3. The second kappa shape index (κ2) is 5.45. The van der Waals surface area contributed by atoms with Crippen molar-refractivity contribution in [2.75, 3.05) is 27.2 Å². The van der Waals surface area contributed by atoms with Gasteiger partial charge in [0.05, 0.1) is 0 Å².